The smallest absolute Gasteiger partial charge is 0.420 e. The van der Waals surface area contributed by atoms with E-state index in [9.17, 15) is 9.59 Å². The van der Waals surface area contributed by atoms with Crippen LogP contribution in [0.4, 0.5) is 9.59 Å². The minimum atomic E-state index is -0.633. The highest BCUT2D eigenvalue weighted by Gasteiger charge is 2.36. The second-order valence-electron chi connectivity index (χ2n) is 7.62. The molecule has 1 aliphatic carbocycles. The molecule has 0 saturated heterocycles. The van der Waals surface area contributed by atoms with Gasteiger partial charge in [0.25, 0.3) is 0 Å². The molecule has 0 atom stereocenters. The van der Waals surface area contributed by atoms with Gasteiger partial charge < -0.3 is 9.47 Å². The second kappa shape index (κ2) is 6.67. The van der Waals surface area contributed by atoms with E-state index in [0.717, 1.165) is 32.1 Å². The van der Waals surface area contributed by atoms with E-state index in [-0.39, 0.29) is 6.04 Å². The van der Waals surface area contributed by atoms with E-state index < -0.39 is 23.4 Å². The maximum Gasteiger partial charge on any atom is 0.420 e. The molecule has 0 unspecified atom stereocenters. The minimum absolute atomic E-state index is 0.122. The Bertz CT molecular complexity index is 345. The fraction of sp³-hybridized carbons (Fsp3) is 0.875. The van der Waals surface area contributed by atoms with Crippen LogP contribution in [0.15, 0.2) is 0 Å². The molecular formula is C16H29NO4. The van der Waals surface area contributed by atoms with Crippen molar-refractivity contribution in [1.82, 2.24) is 4.90 Å². The zero-order chi connectivity index (χ0) is 16.3. The Balaban J connectivity index is 2.88. The highest BCUT2D eigenvalue weighted by atomic mass is 16.6. The molecule has 1 fully saturated rings. The Morgan fingerprint density at radius 1 is 0.810 bits per heavy atom. The van der Waals surface area contributed by atoms with Crippen molar-refractivity contribution >= 4 is 12.2 Å². The van der Waals surface area contributed by atoms with Crippen molar-refractivity contribution in [2.24, 2.45) is 0 Å². The SMILES string of the molecule is CC(C)(C)OC(=O)N(C(=O)OC(C)(C)C)C1CCCCC1. The van der Waals surface area contributed by atoms with Crippen molar-refractivity contribution in [3.05, 3.63) is 0 Å². The van der Waals surface area contributed by atoms with Gasteiger partial charge in [0.05, 0.1) is 0 Å². The number of carbonyl (C=O) groups is 2. The van der Waals surface area contributed by atoms with Crippen molar-refractivity contribution in [2.75, 3.05) is 0 Å². The first-order valence-corrected chi connectivity index (χ1v) is 7.75. The van der Waals surface area contributed by atoms with Gasteiger partial charge in [0, 0.05) is 6.04 Å². The lowest BCUT2D eigenvalue weighted by molar-refractivity contribution is -0.0106. The first-order valence-electron chi connectivity index (χ1n) is 7.75. The molecule has 0 heterocycles. The molecular weight excluding hydrogens is 270 g/mol. The molecule has 5 heteroatoms. The van der Waals surface area contributed by atoms with Gasteiger partial charge in [-0.15, -0.1) is 0 Å². The summed E-state index contributed by atoms with van der Waals surface area (Å²) in [6.45, 7) is 10.7. The maximum absolute atomic E-state index is 12.4. The summed E-state index contributed by atoms with van der Waals surface area (Å²) >= 11 is 0. The van der Waals surface area contributed by atoms with E-state index in [1.165, 1.54) is 4.90 Å². The zero-order valence-corrected chi connectivity index (χ0v) is 14.2. The molecule has 0 aromatic carbocycles. The van der Waals surface area contributed by atoms with Crippen molar-refractivity contribution in [2.45, 2.75) is 90.9 Å². The summed E-state index contributed by atoms with van der Waals surface area (Å²) in [6, 6.07) is -0.122. The lowest BCUT2D eigenvalue weighted by Gasteiger charge is -2.35. The molecule has 0 bridgehead atoms. The maximum atomic E-state index is 12.4. The highest BCUT2D eigenvalue weighted by Crippen LogP contribution is 2.26. The van der Waals surface area contributed by atoms with Gasteiger partial charge in [0.2, 0.25) is 0 Å². The summed E-state index contributed by atoms with van der Waals surface area (Å²) in [5.41, 5.74) is -1.27. The third-order valence-corrected chi connectivity index (χ3v) is 3.12. The van der Waals surface area contributed by atoms with Crippen LogP contribution in [0.2, 0.25) is 0 Å². The number of rotatable bonds is 1. The Morgan fingerprint density at radius 2 is 1.19 bits per heavy atom. The highest BCUT2D eigenvalue weighted by molar-refractivity contribution is 5.88. The molecule has 0 N–H and O–H groups in total. The lowest BCUT2D eigenvalue weighted by atomic mass is 9.94. The van der Waals surface area contributed by atoms with Gasteiger partial charge >= 0.3 is 12.2 Å². The number of ether oxygens (including phenoxy) is 2. The molecule has 1 rings (SSSR count). The van der Waals surface area contributed by atoms with Gasteiger partial charge in [-0.2, -0.15) is 0 Å². The third kappa shape index (κ3) is 6.36. The van der Waals surface area contributed by atoms with Crippen LogP contribution >= 0.6 is 0 Å². The van der Waals surface area contributed by atoms with E-state index in [4.69, 9.17) is 9.47 Å². The van der Waals surface area contributed by atoms with Crippen LogP contribution in [0.1, 0.15) is 73.6 Å². The molecule has 21 heavy (non-hydrogen) atoms. The van der Waals surface area contributed by atoms with E-state index >= 15 is 0 Å². The minimum Gasteiger partial charge on any atom is -0.443 e. The molecule has 1 aliphatic rings. The molecule has 0 aromatic heterocycles. The summed E-state index contributed by atoms with van der Waals surface area (Å²) in [5.74, 6) is 0. The van der Waals surface area contributed by atoms with E-state index in [2.05, 4.69) is 0 Å². The monoisotopic (exact) mass is 299 g/mol. The van der Waals surface area contributed by atoms with E-state index in [0.29, 0.717) is 0 Å². The quantitative estimate of drug-likeness (QED) is 0.715. The molecule has 0 spiro atoms. The van der Waals surface area contributed by atoms with E-state index in [1.54, 1.807) is 41.5 Å². The number of imide groups is 1. The fourth-order valence-electron chi connectivity index (χ4n) is 2.33. The van der Waals surface area contributed by atoms with Gasteiger partial charge in [-0.25, -0.2) is 14.5 Å². The topological polar surface area (TPSA) is 55.8 Å². The Kier molecular flexibility index (Phi) is 5.65. The molecule has 122 valence electrons. The number of carbonyl (C=O) groups excluding carboxylic acids is 2. The van der Waals surface area contributed by atoms with Crippen molar-refractivity contribution in [1.29, 1.82) is 0 Å². The van der Waals surface area contributed by atoms with Gasteiger partial charge in [0.1, 0.15) is 11.2 Å². The molecule has 0 aromatic rings. The molecule has 5 nitrogen and oxygen atoms in total. The molecule has 1 saturated carbocycles. The van der Waals surface area contributed by atoms with Crippen LogP contribution in [0.5, 0.6) is 0 Å². The van der Waals surface area contributed by atoms with Gasteiger partial charge in [0.15, 0.2) is 0 Å². The first kappa shape index (κ1) is 17.8. The van der Waals surface area contributed by atoms with Gasteiger partial charge in [-0.3, -0.25) is 0 Å². The largest absolute Gasteiger partial charge is 0.443 e. The van der Waals surface area contributed by atoms with Crippen LogP contribution < -0.4 is 0 Å². The average Bonchev–Trinajstić information content (AvgIpc) is 2.25. The fourth-order valence-corrected chi connectivity index (χ4v) is 2.33. The van der Waals surface area contributed by atoms with Gasteiger partial charge in [-0.05, 0) is 54.4 Å². The van der Waals surface area contributed by atoms with Crippen molar-refractivity contribution in [3.8, 4) is 0 Å². The van der Waals surface area contributed by atoms with Crippen molar-refractivity contribution in [3.63, 3.8) is 0 Å². The predicted molar refractivity (Wildman–Crippen MR) is 81.2 cm³/mol. The summed E-state index contributed by atoms with van der Waals surface area (Å²) in [5, 5.41) is 0. The second-order valence-corrected chi connectivity index (χ2v) is 7.62. The standard InChI is InChI=1S/C16H29NO4/c1-15(2,3)20-13(18)17(12-10-8-7-9-11-12)14(19)21-16(4,5)6/h12H,7-11H2,1-6H3. The number of hydrogen-bond acceptors (Lipinski definition) is 4. The molecule has 0 aliphatic heterocycles. The number of hydrogen-bond donors (Lipinski definition) is 0. The van der Waals surface area contributed by atoms with Crippen LogP contribution in [-0.2, 0) is 9.47 Å². The molecule has 2 amide bonds. The lowest BCUT2D eigenvalue weighted by Crippen LogP contribution is -2.49. The number of amides is 2. The van der Waals surface area contributed by atoms with E-state index in [1.807, 2.05) is 0 Å². The van der Waals surface area contributed by atoms with Crippen molar-refractivity contribution < 1.29 is 19.1 Å². The van der Waals surface area contributed by atoms with Gasteiger partial charge in [-0.1, -0.05) is 19.3 Å². The van der Waals surface area contributed by atoms with Crippen LogP contribution in [0, 0.1) is 0 Å². The first-order chi connectivity index (χ1) is 9.49. The zero-order valence-electron chi connectivity index (χ0n) is 14.2. The summed E-state index contributed by atoms with van der Waals surface area (Å²) in [4.78, 5) is 26.0. The van der Waals surface area contributed by atoms with Crippen LogP contribution in [0.3, 0.4) is 0 Å². The summed E-state index contributed by atoms with van der Waals surface area (Å²) in [6.07, 6.45) is 3.61. The normalized spacial score (nSPS) is 17.2. The predicted octanol–water partition coefficient (Wildman–Crippen LogP) is 4.49. The Morgan fingerprint density at radius 3 is 1.52 bits per heavy atom. The van der Waals surface area contributed by atoms with Crippen LogP contribution in [-0.4, -0.2) is 34.3 Å². The number of nitrogens with zero attached hydrogens (tertiary/aromatic N) is 1. The molecule has 0 radical (unpaired) electrons. The van der Waals surface area contributed by atoms with Crippen LogP contribution in [0.25, 0.3) is 0 Å². The summed E-state index contributed by atoms with van der Waals surface area (Å²) < 4.78 is 10.7. The average molecular weight is 299 g/mol. The third-order valence-electron chi connectivity index (χ3n) is 3.12. The Labute approximate surface area is 128 Å². The Hall–Kier alpha value is -1.26. The summed E-state index contributed by atoms with van der Waals surface area (Å²) in [7, 11) is 0.